The van der Waals surface area contributed by atoms with E-state index in [0.29, 0.717) is 6.42 Å². The van der Waals surface area contributed by atoms with Gasteiger partial charge in [0.1, 0.15) is 0 Å². The summed E-state index contributed by atoms with van der Waals surface area (Å²) >= 11 is 0. The molecule has 1 aliphatic heterocycles. The third-order valence-corrected chi connectivity index (χ3v) is 3.57. The molecule has 3 nitrogen and oxygen atoms in total. The van der Waals surface area contributed by atoms with E-state index in [1.54, 1.807) is 0 Å². The summed E-state index contributed by atoms with van der Waals surface area (Å²) in [6, 6.07) is 8.38. The van der Waals surface area contributed by atoms with Crippen molar-refractivity contribution in [1.29, 1.82) is 0 Å². The second kappa shape index (κ2) is 5.53. The Morgan fingerprint density at radius 3 is 2.72 bits per heavy atom. The first-order chi connectivity index (χ1) is 8.57. The molecular weight excluding hydrogens is 224 g/mol. The molecule has 0 spiro atoms. The second-order valence-corrected chi connectivity index (χ2v) is 5.52. The van der Waals surface area contributed by atoms with Crippen LogP contribution in [0.5, 0.6) is 0 Å². The van der Waals surface area contributed by atoms with Crippen molar-refractivity contribution >= 4 is 5.91 Å². The van der Waals surface area contributed by atoms with E-state index in [2.05, 4.69) is 48.7 Å². The number of aryl methyl sites for hydroxylation is 2. The van der Waals surface area contributed by atoms with E-state index in [1.165, 1.54) is 11.1 Å². The van der Waals surface area contributed by atoms with Crippen LogP contribution in [0.1, 0.15) is 30.9 Å². The van der Waals surface area contributed by atoms with Crippen LogP contribution in [0.2, 0.25) is 0 Å². The Hall–Kier alpha value is -1.35. The SMILES string of the molecule is Cc1ccc(CCC(=O)NC2(C)CCNC2)cc1. The van der Waals surface area contributed by atoms with Gasteiger partial charge in [0.2, 0.25) is 5.91 Å². The van der Waals surface area contributed by atoms with Crippen molar-refractivity contribution in [2.24, 2.45) is 0 Å². The number of carbonyl (C=O) groups excluding carboxylic acids is 1. The minimum Gasteiger partial charge on any atom is -0.350 e. The molecule has 2 rings (SSSR count). The quantitative estimate of drug-likeness (QED) is 0.850. The fourth-order valence-corrected chi connectivity index (χ4v) is 2.34. The van der Waals surface area contributed by atoms with E-state index in [9.17, 15) is 4.79 Å². The molecule has 0 saturated carbocycles. The molecule has 1 saturated heterocycles. The monoisotopic (exact) mass is 246 g/mol. The first kappa shape index (κ1) is 13.1. The van der Waals surface area contributed by atoms with Crippen LogP contribution in [0.3, 0.4) is 0 Å². The van der Waals surface area contributed by atoms with Crippen LogP contribution in [0.25, 0.3) is 0 Å². The molecule has 98 valence electrons. The normalized spacial score (nSPS) is 23.0. The van der Waals surface area contributed by atoms with Crippen molar-refractivity contribution in [3.05, 3.63) is 35.4 Å². The summed E-state index contributed by atoms with van der Waals surface area (Å²) < 4.78 is 0. The van der Waals surface area contributed by atoms with Gasteiger partial charge in [0.05, 0.1) is 5.54 Å². The molecule has 18 heavy (non-hydrogen) atoms. The van der Waals surface area contributed by atoms with Gasteiger partial charge in [0, 0.05) is 13.0 Å². The van der Waals surface area contributed by atoms with Crippen molar-refractivity contribution in [1.82, 2.24) is 10.6 Å². The minimum atomic E-state index is -0.0512. The lowest BCUT2D eigenvalue weighted by Crippen LogP contribution is -2.47. The van der Waals surface area contributed by atoms with Crippen LogP contribution in [0, 0.1) is 6.92 Å². The number of hydrogen-bond donors (Lipinski definition) is 2. The van der Waals surface area contributed by atoms with Crippen molar-refractivity contribution < 1.29 is 4.79 Å². The number of hydrogen-bond acceptors (Lipinski definition) is 2. The van der Waals surface area contributed by atoms with Crippen molar-refractivity contribution in [2.45, 2.75) is 38.6 Å². The number of carbonyl (C=O) groups is 1. The lowest BCUT2D eigenvalue weighted by Gasteiger charge is -2.24. The van der Waals surface area contributed by atoms with Crippen LogP contribution in [0.4, 0.5) is 0 Å². The second-order valence-electron chi connectivity index (χ2n) is 5.52. The van der Waals surface area contributed by atoms with Gasteiger partial charge in [-0.05, 0) is 38.8 Å². The number of rotatable bonds is 4. The fraction of sp³-hybridized carbons (Fsp3) is 0.533. The fourth-order valence-electron chi connectivity index (χ4n) is 2.34. The maximum atomic E-state index is 11.9. The van der Waals surface area contributed by atoms with Gasteiger partial charge in [-0.3, -0.25) is 4.79 Å². The average Bonchev–Trinajstić information content (AvgIpc) is 2.75. The zero-order valence-electron chi connectivity index (χ0n) is 11.3. The Morgan fingerprint density at radius 1 is 1.39 bits per heavy atom. The molecule has 1 aliphatic rings. The Labute approximate surface area is 109 Å². The third-order valence-electron chi connectivity index (χ3n) is 3.57. The summed E-state index contributed by atoms with van der Waals surface area (Å²) in [6.45, 7) is 6.05. The molecule has 2 N–H and O–H groups in total. The van der Waals surface area contributed by atoms with E-state index in [-0.39, 0.29) is 11.4 Å². The minimum absolute atomic E-state index is 0.0512. The largest absolute Gasteiger partial charge is 0.350 e. The maximum absolute atomic E-state index is 11.9. The number of amides is 1. The first-order valence-electron chi connectivity index (χ1n) is 6.65. The van der Waals surface area contributed by atoms with Gasteiger partial charge in [-0.2, -0.15) is 0 Å². The molecule has 3 heteroatoms. The van der Waals surface area contributed by atoms with Crippen LogP contribution < -0.4 is 10.6 Å². The van der Waals surface area contributed by atoms with E-state index in [4.69, 9.17) is 0 Å². The Bertz CT molecular complexity index is 405. The average molecular weight is 246 g/mol. The van der Waals surface area contributed by atoms with Crippen molar-refractivity contribution in [2.75, 3.05) is 13.1 Å². The molecule has 1 aromatic rings. The van der Waals surface area contributed by atoms with Gasteiger partial charge >= 0.3 is 0 Å². The van der Waals surface area contributed by atoms with Gasteiger partial charge in [-0.1, -0.05) is 29.8 Å². The summed E-state index contributed by atoms with van der Waals surface area (Å²) in [6.07, 6.45) is 2.40. The zero-order chi connectivity index (χ0) is 13.0. The lowest BCUT2D eigenvalue weighted by atomic mass is 10.0. The summed E-state index contributed by atoms with van der Waals surface area (Å²) in [4.78, 5) is 11.9. The summed E-state index contributed by atoms with van der Waals surface area (Å²) in [5.74, 6) is 0.154. The van der Waals surface area contributed by atoms with Crippen molar-refractivity contribution in [3.8, 4) is 0 Å². The molecular formula is C15H22N2O. The third kappa shape index (κ3) is 3.57. The van der Waals surface area contributed by atoms with Gasteiger partial charge in [-0.15, -0.1) is 0 Å². The van der Waals surface area contributed by atoms with E-state index < -0.39 is 0 Å². The van der Waals surface area contributed by atoms with E-state index in [1.807, 2.05) is 0 Å². The van der Waals surface area contributed by atoms with Crippen LogP contribution >= 0.6 is 0 Å². The van der Waals surface area contributed by atoms with Gasteiger partial charge in [0.15, 0.2) is 0 Å². The molecule has 0 aliphatic carbocycles. The van der Waals surface area contributed by atoms with Gasteiger partial charge in [0.25, 0.3) is 0 Å². The Morgan fingerprint density at radius 2 is 2.11 bits per heavy atom. The van der Waals surface area contributed by atoms with E-state index in [0.717, 1.165) is 25.9 Å². The molecule has 0 bridgehead atoms. The van der Waals surface area contributed by atoms with Gasteiger partial charge < -0.3 is 10.6 Å². The zero-order valence-corrected chi connectivity index (χ0v) is 11.3. The molecule has 1 heterocycles. The lowest BCUT2D eigenvalue weighted by molar-refractivity contribution is -0.122. The van der Waals surface area contributed by atoms with Crippen LogP contribution in [-0.2, 0) is 11.2 Å². The highest BCUT2D eigenvalue weighted by atomic mass is 16.1. The molecule has 1 atom stereocenters. The molecule has 1 fully saturated rings. The molecule has 0 radical (unpaired) electrons. The Kier molecular flexibility index (Phi) is 4.02. The summed E-state index contributed by atoms with van der Waals surface area (Å²) in [7, 11) is 0. The maximum Gasteiger partial charge on any atom is 0.220 e. The van der Waals surface area contributed by atoms with Crippen LogP contribution in [-0.4, -0.2) is 24.5 Å². The Balaban J connectivity index is 1.79. The molecule has 1 unspecified atom stereocenters. The number of benzene rings is 1. The highest BCUT2D eigenvalue weighted by molar-refractivity contribution is 5.77. The first-order valence-corrected chi connectivity index (χ1v) is 6.65. The standard InChI is InChI=1S/C15H22N2O/c1-12-3-5-13(6-4-12)7-8-14(18)17-15(2)9-10-16-11-15/h3-6,16H,7-11H2,1-2H3,(H,17,18). The smallest absolute Gasteiger partial charge is 0.220 e. The molecule has 1 amide bonds. The summed E-state index contributed by atoms with van der Waals surface area (Å²) in [5.41, 5.74) is 2.43. The molecule has 0 aromatic heterocycles. The number of nitrogens with one attached hydrogen (secondary N) is 2. The summed E-state index contributed by atoms with van der Waals surface area (Å²) in [5, 5.41) is 6.42. The van der Waals surface area contributed by atoms with Gasteiger partial charge in [-0.25, -0.2) is 0 Å². The van der Waals surface area contributed by atoms with Crippen LogP contribution in [0.15, 0.2) is 24.3 Å². The van der Waals surface area contributed by atoms with Crippen molar-refractivity contribution in [3.63, 3.8) is 0 Å². The highest BCUT2D eigenvalue weighted by Crippen LogP contribution is 2.13. The predicted octanol–water partition coefficient (Wildman–Crippen LogP) is 1.80. The topological polar surface area (TPSA) is 41.1 Å². The predicted molar refractivity (Wildman–Crippen MR) is 73.5 cm³/mol. The molecule has 1 aromatic carbocycles. The highest BCUT2D eigenvalue weighted by Gasteiger charge is 2.29. The van der Waals surface area contributed by atoms with E-state index >= 15 is 0 Å².